The smallest absolute Gasteiger partial charge is 0.118 e. The highest BCUT2D eigenvalue weighted by Gasteiger charge is 2.05. The van der Waals surface area contributed by atoms with Crippen LogP contribution in [0.3, 0.4) is 0 Å². The topological polar surface area (TPSA) is 47.3 Å². The van der Waals surface area contributed by atoms with Gasteiger partial charge in [0.2, 0.25) is 0 Å². The molecule has 0 spiro atoms. The second-order valence-electron chi connectivity index (χ2n) is 3.88. The molecule has 0 aliphatic carbocycles. The molecule has 1 aromatic rings. The Labute approximate surface area is 103 Å². The SMILES string of the molecule is CC#CCC(CCc1ccc(OC)cc1)NN. The second-order valence-corrected chi connectivity index (χ2v) is 3.88. The largest absolute Gasteiger partial charge is 0.497 e. The van der Waals surface area contributed by atoms with Crippen LogP contribution in [0.4, 0.5) is 0 Å². The molecule has 92 valence electrons. The van der Waals surface area contributed by atoms with Gasteiger partial charge >= 0.3 is 0 Å². The first-order valence-corrected chi connectivity index (χ1v) is 5.78. The lowest BCUT2D eigenvalue weighted by Gasteiger charge is -2.12. The van der Waals surface area contributed by atoms with E-state index in [9.17, 15) is 0 Å². The van der Waals surface area contributed by atoms with Crippen molar-refractivity contribution in [2.24, 2.45) is 5.84 Å². The van der Waals surface area contributed by atoms with E-state index in [1.807, 2.05) is 19.1 Å². The number of aryl methyl sites for hydroxylation is 1. The minimum atomic E-state index is 0.254. The Morgan fingerprint density at radius 3 is 2.59 bits per heavy atom. The number of benzene rings is 1. The summed E-state index contributed by atoms with van der Waals surface area (Å²) in [6, 6.07) is 8.37. The van der Waals surface area contributed by atoms with Crippen LogP contribution in [-0.2, 0) is 6.42 Å². The number of nitrogens with two attached hydrogens (primary N) is 1. The zero-order valence-corrected chi connectivity index (χ0v) is 10.5. The second kappa shape index (κ2) is 7.72. The first kappa shape index (κ1) is 13.6. The highest BCUT2D eigenvalue weighted by molar-refractivity contribution is 5.27. The third-order valence-electron chi connectivity index (χ3n) is 2.70. The summed E-state index contributed by atoms with van der Waals surface area (Å²) >= 11 is 0. The molecule has 0 fully saturated rings. The van der Waals surface area contributed by atoms with Crippen LogP contribution in [0.25, 0.3) is 0 Å². The lowest BCUT2D eigenvalue weighted by molar-refractivity contribution is 0.414. The summed E-state index contributed by atoms with van der Waals surface area (Å²) in [5.41, 5.74) is 4.09. The van der Waals surface area contributed by atoms with Crippen LogP contribution in [0, 0.1) is 11.8 Å². The Balaban J connectivity index is 2.43. The van der Waals surface area contributed by atoms with Crippen LogP contribution in [0.5, 0.6) is 5.75 Å². The van der Waals surface area contributed by atoms with Crippen LogP contribution in [0.1, 0.15) is 25.3 Å². The summed E-state index contributed by atoms with van der Waals surface area (Å²) in [4.78, 5) is 0. The van der Waals surface area contributed by atoms with E-state index in [1.54, 1.807) is 7.11 Å². The van der Waals surface area contributed by atoms with Crippen molar-refractivity contribution in [1.29, 1.82) is 0 Å². The highest BCUT2D eigenvalue weighted by atomic mass is 16.5. The van der Waals surface area contributed by atoms with Crippen molar-refractivity contribution >= 4 is 0 Å². The normalized spacial score (nSPS) is 11.5. The molecule has 3 heteroatoms. The zero-order valence-electron chi connectivity index (χ0n) is 10.5. The molecule has 0 heterocycles. The van der Waals surface area contributed by atoms with E-state index in [0.717, 1.165) is 25.0 Å². The molecule has 0 saturated carbocycles. The molecular weight excluding hydrogens is 212 g/mol. The molecule has 1 rings (SSSR count). The van der Waals surface area contributed by atoms with Crippen LogP contribution in [-0.4, -0.2) is 13.2 Å². The summed E-state index contributed by atoms with van der Waals surface area (Å²) in [5, 5.41) is 0. The number of methoxy groups -OCH3 is 1. The van der Waals surface area contributed by atoms with Crippen molar-refractivity contribution in [3.8, 4) is 17.6 Å². The molecule has 1 aromatic carbocycles. The first-order valence-electron chi connectivity index (χ1n) is 5.78. The summed E-state index contributed by atoms with van der Waals surface area (Å²) < 4.78 is 5.12. The number of hydrogen-bond donors (Lipinski definition) is 2. The molecule has 0 aromatic heterocycles. The molecule has 0 radical (unpaired) electrons. The van der Waals surface area contributed by atoms with Gasteiger partial charge in [-0.05, 0) is 37.5 Å². The predicted molar refractivity (Wildman–Crippen MR) is 70.5 cm³/mol. The van der Waals surface area contributed by atoms with Crippen molar-refractivity contribution in [1.82, 2.24) is 5.43 Å². The molecule has 1 unspecified atom stereocenters. The van der Waals surface area contributed by atoms with Gasteiger partial charge in [0.05, 0.1) is 7.11 Å². The Bertz CT molecular complexity index is 375. The molecule has 0 bridgehead atoms. The van der Waals surface area contributed by atoms with E-state index < -0.39 is 0 Å². The van der Waals surface area contributed by atoms with E-state index in [2.05, 4.69) is 29.4 Å². The lowest BCUT2D eigenvalue weighted by Crippen LogP contribution is -2.35. The molecular formula is C14H20N2O. The maximum Gasteiger partial charge on any atom is 0.118 e. The average molecular weight is 232 g/mol. The molecule has 3 nitrogen and oxygen atoms in total. The molecule has 3 N–H and O–H groups in total. The number of hydrogen-bond acceptors (Lipinski definition) is 3. The third-order valence-corrected chi connectivity index (χ3v) is 2.70. The van der Waals surface area contributed by atoms with Gasteiger partial charge in [-0.25, -0.2) is 0 Å². The Hall–Kier alpha value is -1.50. The molecule has 1 atom stereocenters. The van der Waals surface area contributed by atoms with Gasteiger partial charge in [0.1, 0.15) is 5.75 Å². The molecule has 0 aliphatic rings. The molecule has 0 aliphatic heterocycles. The standard InChI is InChI=1S/C14H20N2O/c1-3-4-5-13(16-15)9-6-12-7-10-14(17-2)11-8-12/h7-8,10-11,13,16H,5-6,9,15H2,1-2H3. The van der Waals surface area contributed by atoms with Gasteiger partial charge in [-0.15, -0.1) is 11.8 Å². The maximum absolute atomic E-state index is 5.49. The van der Waals surface area contributed by atoms with Crippen molar-refractivity contribution < 1.29 is 4.74 Å². The van der Waals surface area contributed by atoms with Crippen molar-refractivity contribution in [3.05, 3.63) is 29.8 Å². The van der Waals surface area contributed by atoms with Gasteiger partial charge in [0.15, 0.2) is 0 Å². The molecule has 0 amide bonds. The summed E-state index contributed by atoms with van der Waals surface area (Å²) in [5.74, 6) is 12.3. The number of nitrogens with one attached hydrogen (secondary N) is 1. The fraction of sp³-hybridized carbons (Fsp3) is 0.429. The van der Waals surface area contributed by atoms with Gasteiger partial charge < -0.3 is 4.74 Å². The maximum atomic E-state index is 5.49. The Morgan fingerprint density at radius 2 is 2.06 bits per heavy atom. The number of hydrazine groups is 1. The van der Waals surface area contributed by atoms with Crippen LogP contribution in [0.2, 0.25) is 0 Å². The highest BCUT2D eigenvalue weighted by Crippen LogP contribution is 2.13. The summed E-state index contributed by atoms with van der Waals surface area (Å²) in [6.45, 7) is 1.84. The average Bonchev–Trinajstić information content (AvgIpc) is 2.39. The molecule has 17 heavy (non-hydrogen) atoms. The Kier molecular flexibility index (Phi) is 6.16. The van der Waals surface area contributed by atoms with Gasteiger partial charge in [-0.2, -0.15) is 0 Å². The van der Waals surface area contributed by atoms with Crippen LogP contribution < -0.4 is 16.0 Å². The van der Waals surface area contributed by atoms with Crippen molar-refractivity contribution in [3.63, 3.8) is 0 Å². The third kappa shape index (κ3) is 4.90. The van der Waals surface area contributed by atoms with E-state index in [-0.39, 0.29) is 6.04 Å². The van der Waals surface area contributed by atoms with E-state index in [1.165, 1.54) is 5.56 Å². The minimum Gasteiger partial charge on any atom is -0.497 e. The van der Waals surface area contributed by atoms with Gasteiger partial charge in [-0.3, -0.25) is 11.3 Å². The fourth-order valence-corrected chi connectivity index (χ4v) is 1.60. The predicted octanol–water partition coefficient (Wildman–Crippen LogP) is 1.87. The number of ether oxygens (including phenoxy) is 1. The van der Waals surface area contributed by atoms with E-state index in [0.29, 0.717) is 0 Å². The lowest BCUT2D eigenvalue weighted by atomic mass is 10.0. The van der Waals surface area contributed by atoms with Crippen LogP contribution in [0.15, 0.2) is 24.3 Å². The van der Waals surface area contributed by atoms with Gasteiger partial charge in [-0.1, -0.05) is 12.1 Å². The molecule has 0 saturated heterocycles. The Morgan fingerprint density at radius 1 is 1.35 bits per heavy atom. The van der Waals surface area contributed by atoms with Crippen LogP contribution >= 0.6 is 0 Å². The zero-order chi connectivity index (χ0) is 12.5. The van der Waals surface area contributed by atoms with Crippen molar-refractivity contribution in [2.75, 3.05) is 7.11 Å². The summed E-state index contributed by atoms with van der Waals surface area (Å²) in [6.07, 6.45) is 2.77. The number of rotatable bonds is 6. The van der Waals surface area contributed by atoms with Gasteiger partial charge in [0, 0.05) is 12.5 Å². The minimum absolute atomic E-state index is 0.254. The fourth-order valence-electron chi connectivity index (χ4n) is 1.60. The van der Waals surface area contributed by atoms with E-state index in [4.69, 9.17) is 10.6 Å². The quantitative estimate of drug-likeness (QED) is 0.447. The monoisotopic (exact) mass is 232 g/mol. The van der Waals surface area contributed by atoms with Crippen molar-refractivity contribution in [2.45, 2.75) is 32.2 Å². The van der Waals surface area contributed by atoms with Gasteiger partial charge in [0.25, 0.3) is 0 Å². The van der Waals surface area contributed by atoms with E-state index >= 15 is 0 Å². The summed E-state index contributed by atoms with van der Waals surface area (Å²) in [7, 11) is 1.67. The first-order chi connectivity index (χ1) is 8.30.